The van der Waals surface area contributed by atoms with Crippen LogP contribution in [0, 0.1) is 0 Å². The van der Waals surface area contributed by atoms with Crippen LogP contribution in [0.15, 0.2) is 15.9 Å². The Labute approximate surface area is 110 Å². The Hall–Kier alpha value is -0.190. The van der Waals surface area contributed by atoms with Crippen LogP contribution in [-0.4, -0.2) is 30.3 Å². The largest absolute Gasteiger partial charge is 0.296 e. The summed E-state index contributed by atoms with van der Waals surface area (Å²) >= 11 is 4.88. The van der Waals surface area contributed by atoms with Crippen LogP contribution in [0.25, 0.3) is 0 Å². The van der Waals surface area contributed by atoms with E-state index < -0.39 is 0 Å². The van der Waals surface area contributed by atoms with Crippen molar-refractivity contribution in [3.8, 4) is 0 Å². The summed E-state index contributed by atoms with van der Waals surface area (Å²) in [6.45, 7) is 4.85. The Bertz CT molecular complexity index is 351. The fourth-order valence-electron chi connectivity index (χ4n) is 1.56. The van der Waals surface area contributed by atoms with Crippen molar-refractivity contribution in [3.63, 3.8) is 0 Å². The van der Waals surface area contributed by atoms with E-state index in [-0.39, 0.29) is 5.78 Å². The predicted octanol–water partition coefficient (Wildman–Crippen LogP) is 3.81. The molecule has 0 radical (unpaired) electrons. The van der Waals surface area contributed by atoms with Crippen molar-refractivity contribution < 1.29 is 4.79 Å². The molecule has 16 heavy (non-hydrogen) atoms. The smallest absolute Gasteiger partial charge is 0.186 e. The lowest BCUT2D eigenvalue weighted by molar-refractivity contribution is 0.0925. The number of hydrogen-bond acceptors (Lipinski definition) is 3. The molecular formula is C12H18BrNOS. The van der Waals surface area contributed by atoms with Gasteiger partial charge in [0.2, 0.25) is 0 Å². The molecule has 1 heterocycles. The molecule has 1 aromatic rings. The number of rotatable bonds is 6. The zero-order chi connectivity index (χ0) is 12.1. The fraction of sp³-hybridized carbons (Fsp3) is 0.583. The van der Waals surface area contributed by atoms with Crippen LogP contribution >= 0.6 is 27.3 Å². The Morgan fingerprint density at radius 2 is 2.25 bits per heavy atom. The molecule has 0 fully saturated rings. The highest BCUT2D eigenvalue weighted by Gasteiger charge is 2.15. The second-order valence-electron chi connectivity index (χ2n) is 4.08. The first-order chi connectivity index (χ1) is 7.54. The zero-order valence-electron chi connectivity index (χ0n) is 10.00. The monoisotopic (exact) mass is 303 g/mol. The summed E-state index contributed by atoms with van der Waals surface area (Å²) in [6.07, 6.45) is 2.29. The average Bonchev–Trinajstić information content (AvgIpc) is 2.65. The predicted molar refractivity (Wildman–Crippen MR) is 73.3 cm³/mol. The average molecular weight is 304 g/mol. The molecule has 0 aromatic carbocycles. The van der Waals surface area contributed by atoms with Crippen LogP contribution in [0.3, 0.4) is 0 Å². The van der Waals surface area contributed by atoms with Gasteiger partial charge >= 0.3 is 0 Å². The molecule has 1 rings (SSSR count). The number of hydrogen-bond donors (Lipinski definition) is 0. The van der Waals surface area contributed by atoms with Gasteiger partial charge in [-0.3, -0.25) is 9.69 Å². The maximum absolute atomic E-state index is 11.9. The van der Waals surface area contributed by atoms with E-state index in [0.29, 0.717) is 12.6 Å². The van der Waals surface area contributed by atoms with Crippen molar-refractivity contribution in [3.05, 3.63) is 20.8 Å². The first-order valence-corrected chi connectivity index (χ1v) is 7.14. The van der Waals surface area contributed by atoms with E-state index in [2.05, 4.69) is 34.7 Å². The van der Waals surface area contributed by atoms with Crippen molar-refractivity contribution in [2.24, 2.45) is 0 Å². The minimum atomic E-state index is 0.209. The van der Waals surface area contributed by atoms with Crippen molar-refractivity contribution in [2.75, 3.05) is 13.6 Å². The number of Topliss-reactive ketones (excluding diaryl/α,β-unsaturated/α-hetero) is 1. The lowest BCUT2D eigenvalue weighted by atomic mass is 10.1. The second kappa shape index (κ2) is 6.52. The molecule has 0 saturated carbocycles. The molecule has 0 N–H and O–H groups in total. The molecule has 2 nitrogen and oxygen atoms in total. The molecule has 0 bridgehead atoms. The molecule has 1 unspecified atom stereocenters. The Morgan fingerprint density at radius 1 is 1.56 bits per heavy atom. The maximum atomic E-state index is 11.9. The van der Waals surface area contributed by atoms with Crippen LogP contribution in [0.1, 0.15) is 36.4 Å². The van der Waals surface area contributed by atoms with Gasteiger partial charge in [0, 0.05) is 6.04 Å². The molecule has 0 aliphatic carbocycles. The van der Waals surface area contributed by atoms with E-state index in [1.54, 1.807) is 0 Å². The van der Waals surface area contributed by atoms with Crippen molar-refractivity contribution >= 4 is 33.0 Å². The van der Waals surface area contributed by atoms with E-state index in [1.165, 1.54) is 11.3 Å². The molecule has 4 heteroatoms. The van der Waals surface area contributed by atoms with Crippen LogP contribution < -0.4 is 0 Å². The number of carbonyl (C=O) groups excluding carboxylic acids is 1. The topological polar surface area (TPSA) is 20.3 Å². The van der Waals surface area contributed by atoms with E-state index in [9.17, 15) is 4.79 Å². The highest BCUT2D eigenvalue weighted by molar-refractivity contribution is 9.11. The van der Waals surface area contributed by atoms with Crippen LogP contribution in [0.2, 0.25) is 0 Å². The second-order valence-corrected chi connectivity index (χ2v) is 6.54. The molecule has 0 spiro atoms. The normalized spacial score (nSPS) is 13.1. The van der Waals surface area contributed by atoms with Gasteiger partial charge in [-0.05, 0) is 48.5 Å². The van der Waals surface area contributed by atoms with Crippen LogP contribution in [0.4, 0.5) is 0 Å². The standard InChI is InChI=1S/C12H18BrNOS/c1-4-5-9(2)14(3)8-10(15)11-6-7-12(13)16-11/h6-7,9H,4-5,8H2,1-3H3. The molecular weight excluding hydrogens is 286 g/mol. The number of nitrogens with zero attached hydrogens (tertiary/aromatic N) is 1. The minimum absolute atomic E-state index is 0.209. The van der Waals surface area contributed by atoms with Gasteiger partial charge in [-0.2, -0.15) is 0 Å². The molecule has 1 atom stereocenters. The van der Waals surface area contributed by atoms with E-state index in [4.69, 9.17) is 0 Å². The Balaban J connectivity index is 2.51. The Kier molecular flexibility index (Phi) is 5.66. The van der Waals surface area contributed by atoms with Gasteiger partial charge in [0.15, 0.2) is 5.78 Å². The number of halogens is 1. The zero-order valence-corrected chi connectivity index (χ0v) is 12.4. The summed E-state index contributed by atoms with van der Waals surface area (Å²) in [7, 11) is 2.01. The lowest BCUT2D eigenvalue weighted by Gasteiger charge is -2.23. The van der Waals surface area contributed by atoms with Crippen LogP contribution in [0.5, 0.6) is 0 Å². The van der Waals surface area contributed by atoms with E-state index in [0.717, 1.165) is 21.5 Å². The number of thiophene rings is 1. The van der Waals surface area contributed by atoms with Crippen LogP contribution in [-0.2, 0) is 0 Å². The summed E-state index contributed by atoms with van der Waals surface area (Å²) in [6, 6.07) is 4.28. The van der Waals surface area contributed by atoms with Gasteiger partial charge in [-0.15, -0.1) is 11.3 Å². The highest BCUT2D eigenvalue weighted by atomic mass is 79.9. The summed E-state index contributed by atoms with van der Waals surface area (Å²) < 4.78 is 1.01. The third-order valence-electron chi connectivity index (χ3n) is 2.70. The molecule has 0 aliphatic rings. The first kappa shape index (κ1) is 13.9. The summed E-state index contributed by atoms with van der Waals surface area (Å²) in [5, 5.41) is 0. The molecule has 0 saturated heterocycles. The van der Waals surface area contributed by atoms with Crippen molar-refractivity contribution in [2.45, 2.75) is 32.7 Å². The van der Waals surface area contributed by atoms with Crippen molar-refractivity contribution in [1.29, 1.82) is 0 Å². The molecule has 90 valence electrons. The summed E-state index contributed by atoms with van der Waals surface area (Å²) in [4.78, 5) is 14.9. The summed E-state index contributed by atoms with van der Waals surface area (Å²) in [5.74, 6) is 0.209. The van der Waals surface area contributed by atoms with E-state index >= 15 is 0 Å². The van der Waals surface area contributed by atoms with Gasteiger partial charge in [0.25, 0.3) is 0 Å². The maximum Gasteiger partial charge on any atom is 0.186 e. The number of carbonyl (C=O) groups is 1. The fourth-order valence-corrected chi connectivity index (χ4v) is 2.88. The highest BCUT2D eigenvalue weighted by Crippen LogP contribution is 2.22. The quantitative estimate of drug-likeness (QED) is 0.745. The molecule has 1 aromatic heterocycles. The lowest BCUT2D eigenvalue weighted by Crippen LogP contribution is -2.33. The van der Waals surface area contributed by atoms with E-state index in [1.807, 2.05) is 19.2 Å². The SMILES string of the molecule is CCCC(C)N(C)CC(=O)c1ccc(Br)s1. The van der Waals surface area contributed by atoms with Gasteiger partial charge in [-0.25, -0.2) is 0 Å². The third kappa shape index (κ3) is 4.00. The van der Waals surface area contributed by atoms with Crippen molar-refractivity contribution in [1.82, 2.24) is 4.90 Å². The van der Waals surface area contributed by atoms with Gasteiger partial charge in [0.1, 0.15) is 0 Å². The molecule has 0 aliphatic heterocycles. The first-order valence-electron chi connectivity index (χ1n) is 5.53. The van der Waals surface area contributed by atoms with Gasteiger partial charge in [-0.1, -0.05) is 13.3 Å². The van der Waals surface area contributed by atoms with Gasteiger partial charge in [0.05, 0.1) is 15.2 Å². The number of ketones is 1. The van der Waals surface area contributed by atoms with Gasteiger partial charge < -0.3 is 0 Å². The minimum Gasteiger partial charge on any atom is -0.296 e. The number of likely N-dealkylation sites (N-methyl/N-ethyl adjacent to an activating group) is 1. The summed E-state index contributed by atoms with van der Waals surface area (Å²) in [5.41, 5.74) is 0. The Morgan fingerprint density at radius 3 is 2.75 bits per heavy atom. The molecule has 0 amide bonds. The third-order valence-corrected chi connectivity index (χ3v) is 4.36.